The second-order valence-corrected chi connectivity index (χ2v) is 6.27. The molecule has 3 rings (SSSR count). The Kier molecular flexibility index (Phi) is 19.9. The maximum absolute atomic E-state index is 2.21. The van der Waals surface area contributed by atoms with Gasteiger partial charge in [-0.2, -0.15) is 0 Å². The average Bonchev–Trinajstić information content (AvgIpc) is 2.75. The number of hydrogen-bond donors (Lipinski definition) is 0. The van der Waals surface area contributed by atoms with Crippen molar-refractivity contribution in [1.82, 2.24) is 0 Å². The molecule has 0 saturated carbocycles. The molecule has 0 atom stereocenters. The molecule has 0 aliphatic rings. The molecule has 0 N–H and O–H groups in total. The van der Waals surface area contributed by atoms with Crippen molar-refractivity contribution in [1.29, 1.82) is 0 Å². The van der Waals surface area contributed by atoms with Crippen LogP contribution in [0.3, 0.4) is 0 Å². The molecule has 26 heavy (non-hydrogen) atoms. The van der Waals surface area contributed by atoms with E-state index < -0.39 is 0 Å². The van der Waals surface area contributed by atoms with Crippen LogP contribution in [0.1, 0.15) is 41.5 Å². The van der Waals surface area contributed by atoms with Crippen LogP contribution in [0.25, 0.3) is 0 Å². The molecule has 0 saturated heterocycles. The summed E-state index contributed by atoms with van der Waals surface area (Å²) in [5.74, 6) is 0. The van der Waals surface area contributed by atoms with Gasteiger partial charge in [-0.1, -0.05) is 96.1 Å². The molecular weight excluding hydrogens is 409 g/mol. The first-order chi connectivity index (χ1) is 12.4. The molecular formula is C24H33SY+. The van der Waals surface area contributed by atoms with E-state index in [2.05, 4.69) is 91.0 Å². The van der Waals surface area contributed by atoms with Crippen molar-refractivity contribution in [2.75, 3.05) is 0 Å². The van der Waals surface area contributed by atoms with Gasteiger partial charge in [0.15, 0.2) is 14.7 Å². The minimum atomic E-state index is -0.0146. The standard InChI is InChI=1S/C18H15S.3C2H6.Y/c1-4-10-16(11-5-1)19(17-12-6-2-7-13-17)18-14-8-3-9-15-18;3*1-2;/h1-15H;3*1-2H3;/q+1;;;;. The summed E-state index contributed by atoms with van der Waals surface area (Å²) in [6.07, 6.45) is 0. The van der Waals surface area contributed by atoms with Crippen molar-refractivity contribution in [3.8, 4) is 0 Å². The molecule has 0 bridgehead atoms. The zero-order valence-corrected chi connectivity index (χ0v) is 20.8. The van der Waals surface area contributed by atoms with Gasteiger partial charge in [0, 0.05) is 32.7 Å². The van der Waals surface area contributed by atoms with Gasteiger partial charge in [0.25, 0.3) is 0 Å². The van der Waals surface area contributed by atoms with Crippen LogP contribution in [-0.4, -0.2) is 0 Å². The molecule has 0 aliphatic heterocycles. The summed E-state index contributed by atoms with van der Waals surface area (Å²) in [5, 5.41) is 0. The molecule has 3 aromatic carbocycles. The van der Waals surface area contributed by atoms with Crippen LogP contribution in [0.15, 0.2) is 106 Å². The van der Waals surface area contributed by atoms with E-state index in [-0.39, 0.29) is 43.6 Å². The fourth-order valence-corrected chi connectivity index (χ4v) is 4.18. The van der Waals surface area contributed by atoms with Gasteiger partial charge >= 0.3 is 0 Å². The Morgan fingerprint density at radius 3 is 0.769 bits per heavy atom. The molecule has 2 heteroatoms. The van der Waals surface area contributed by atoms with Crippen LogP contribution in [0.4, 0.5) is 0 Å². The summed E-state index contributed by atoms with van der Waals surface area (Å²) in [4.78, 5) is 4.08. The Bertz CT molecular complexity index is 530. The normalized spacial score (nSPS) is 8.42. The monoisotopic (exact) mass is 442 g/mol. The summed E-state index contributed by atoms with van der Waals surface area (Å²) in [6.45, 7) is 12.0. The zero-order chi connectivity index (χ0) is 18.9. The van der Waals surface area contributed by atoms with Gasteiger partial charge < -0.3 is 0 Å². The van der Waals surface area contributed by atoms with Gasteiger partial charge in [-0.3, -0.25) is 0 Å². The molecule has 0 heterocycles. The van der Waals surface area contributed by atoms with Crippen LogP contribution in [0, 0.1) is 0 Å². The van der Waals surface area contributed by atoms with Gasteiger partial charge in [0.1, 0.15) is 0 Å². The summed E-state index contributed by atoms with van der Waals surface area (Å²) < 4.78 is 0. The van der Waals surface area contributed by atoms with Gasteiger partial charge in [-0.15, -0.1) is 0 Å². The predicted octanol–water partition coefficient (Wildman–Crippen LogP) is 7.86. The topological polar surface area (TPSA) is 0 Å². The predicted molar refractivity (Wildman–Crippen MR) is 116 cm³/mol. The number of rotatable bonds is 3. The molecule has 137 valence electrons. The third-order valence-corrected chi connectivity index (χ3v) is 5.17. The second-order valence-electron chi connectivity index (χ2n) is 4.25. The molecule has 0 amide bonds. The first-order valence-corrected chi connectivity index (χ1v) is 10.6. The number of benzene rings is 3. The molecule has 0 spiro atoms. The fourth-order valence-electron chi connectivity index (χ4n) is 2.08. The Morgan fingerprint density at radius 1 is 0.385 bits per heavy atom. The molecule has 0 unspecified atom stereocenters. The molecule has 3 aromatic rings. The second kappa shape index (κ2) is 18.9. The van der Waals surface area contributed by atoms with Gasteiger partial charge in [-0.05, 0) is 36.4 Å². The van der Waals surface area contributed by atoms with E-state index in [1.807, 2.05) is 41.5 Å². The van der Waals surface area contributed by atoms with E-state index in [9.17, 15) is 0 Å². The van der Waals surface area contributed by atoms with Crippen molar-refractivity contribution in [2.24, 2.45) is 0 Å². The maximum atomic E-state index is 2.21. The van der Waals surface area contributed by atoms with Gasteiger partial charge in [-0.25, -0.2) is 0 Å². The van der Waals surface area contributed by atoms with Crippen LogP contribution >= 0.6 is 0 Å². The molecule has 0 aromatic heterocycles. The third-order valence-electron chi connectivity index (χ3n) is 2.94. The average molecular weight is 443 g/mol. The minimum absolute atomic E-state index is 0. The van der Waals surface area contributed by atoms with E-state index in [0.717, 1.165) is 0 Å². The van der Waals surface area contributed by atoms with E-state index in [1.165, 1.54) is 14.7 Å². The zero-order valence-electron chi connectivity index (χ0n) is 17.1. The minimum Gasteiger partial charge on any atom is -0.0683 e. The van der Waals surface area contributed by atoms with Crippen molar-refractivity contribution < 1.29 is 32.7 Å². The summed E-state index contributed by atoms with van der Waals surface area (Å²) in [6, 6.07) is 32.2. The maximum Gasteiger partial charge on any atom is 0.166 e. The summed E-state index contributed by atoms with van der Waals surface area (Å²) >= 11 is 0. The van der Waals surface area contributed by atoms with Crippen molar-refractivity contribution in [3.05, 3.63) is 91.0 Å². The van der Waals surface area contributed by atoms with Crippen LogP contribution in [0.5, 0.6) is 0 Å². The first-order valence-electron chi connectivity index (χ1n) is 9.34. The van der Waals surface area contributed by atoms with Crippen LogP contribution < -0.4 is 0 Å². The smallest absolute Gasteiger partial charge is 0.0683 e. The SMILES string of the molecule is CC.CC.CC.[Y].c1ccc([S+](c2ccccc2)c2ccccc2)cc1. The van der Waals surface area contributed by atoms with E-state index >= 15 is 0 Å². The fraction of sp³-hybridized carbons (Fsp3) is 0.250. The van der Waals surface area contributed by atoms with Crippen molar-refractivity contribution in [3.63, 3.8) is 0 Å². The van der Waals surface area contributed by atoms with Crippen LogP contribution in [-0.2, 0) is 43.6 Å². The molecule has 0 nitrogen and oxygen atoms in total. The molecule has 0 aliphatic carbocycles. The van der Waals surface area contributed by atoms with E-state index in [0.29, 0.717) is 0 Å². The summed E-state index contributed by atoms with van der Waals surface area (Å²) in [7, 11) is -0.0146. The summed E-state index contributed by atoms with van der Waals surface area (Å²) in [5.41, 5.74) is 0. The molecule has 1 radical (unpaired) electrons. The third kappa shape index (κ3) is 9.17. The van der Waals surface area contributed by atoms with Crippen molar-refractivity contribution >= 4 is 10.9 Å². The Morgan fingerprint density at radius 2 is 0.577 bits per heavy atom. The van der Waals surface area contributed by atoms with Crippen molar-refractivity contribution in [2.45, 2.75) is 56.2 Å². The van der Waals surface area contributed by atoms with E-state index in [4.69, 9.17) is 0 Å². The first kappa shape index (κ1) is 27.3. The number of hydrogen-bond acceptors (Lipinski definition) is 0. The van der Waals surface area contributed by atoms with Gasteiger partial charge in [0.05, 0.1) is 10.9 Å². The Hall–Kier alpha value is -0.886. The largest absolute Gasteiger partial charge is 0.166 e. The van der Waals surface area contributed by atoms with Crippen LogP contribution in [0.2, 0.25) is 0 Å². The molecule has 0 fully saturated rings. The van der Waals surface area contributed by atoms with E-state index in [1.54, 1.807) is 0 Å². The Balaban J connectivity index is 0. The van der Waals surface area contributed by atoms with Gasteiger partial charge in [0.2, 0.25) is 0 Å². The quantitative estimate of drug-likeness (QED) is 0.362. The Labute approximate surface area is 189 Å².